The quantitative estimate of drug-likeness (QED) is 0.214. The van der Waals surface area contributed by atoms with Gasteiger partial charge in [0.2, 0.25) is 0 Å². The Morgan fingerprint density at radius 3 is 2.45 bits per heavy atom. The van der Waals surface area contributed by atoms with Crippen molar-refractivity contribution in [3.8, 4) is 11.5 Å². The Morgan fingerprint density at radius 2 is 1.69 bits per heavy atom. The number of para-hydroxylation sites is 1. The lowest BCUT2D eigenvalue weighted by Crippen LogP contribution is -2.38. The molecule has 2 aliphatic rings. The number of hydrogen-bond acceptors (Lipinski definition) is 6. The zero-order valence-electron chi connectivity index (χ0n) is 22.6. The van der Waals surface area contributed by atoms with E-state index in [1.165, 1.54) is 16.9 Å². The van der Waals surface area contributed by atoms with E-state index >= 15 is 0 Å². The van der Waals surface area contributed by atoms with E-state index in [1.807, 2.05) is 78.9 Å². The summed E-state index contributed by atoms with van der Waals surface area (Å²) in [5, 5.41) is 6.94. The number of amides is 3. The molecule has 1 fully saturated rings. The van der Waals surface area contributed by atoms with Gasteiger partial charge in [0.05, 0.1) is 22.4 Å². The van der Waals surface area contributed by atoms with Crippen molar-refractivity contribution in [2.45, 2.75) is 19.0 Å². The van der Waals surface area contributed by atoms with Crippen LogP contribution in [0.4, 0.5) is 21.9 Å². The molecule has 0 bridgehead atoms. The molecule has 0 saturated carbocycles. The van der Waals surface area contributed by atoms with Gasteiger partial charge in [-0.15, -0.1) is 11.3 Å². The normalized spacial score (nSPS) is 16.1. The molecule has 5 aromatic rings. The van der Waals surface area contributed by atoms with Crippen LogP contribution in [0.1, 0.15) is 21.7 Å². The van der Waals surface area contributed by atoms with Gasteiger partial charge in [0.15, 0.2) is 0 Å². The van der Waals surface area contributed by atoms with Gasteiger partial charge in [-0.05, 0) is 54.4 Å². The molecule has 0 aliphatic carbocycles. The number of hydrogen-bond donors (Lipinski definition) is 2. The standard InChI is InChI=1S/C32H27N5O3S.H2S/c38-30(34-22-16-18-36(20-22)19-21-7-3-1-4-8-21)29-28-27-26(15-17-33-31(27)41-29)37(32(39)35-28)23-11-13-25(14-12-23)40-24-9-5-2-6-10-24;/h1-15,17,22H,16,18-20H2,(H,34,38)(H,35,39);1H2/t22-;/m0./s1. The van der Waals surface area contributed by atoms with E-state index in [-0.39, 0.29) is 31.5 Å². The summed E-state index contributed by atoms with van der Waals surface area (Å²) in [5.74, 6) is 1.22. The van der Waals surface area contributed by atoms with Crippen molar-refractivity contribution in [1.82, 2.24) is 15.2 Å². The first kappa shape index (κ1) is 27.8. The molecule has 2 N–H and O–H groups in total. The minimum absolute atomic E-state index is 0. The number of likely N-dealkylation sites (tertiary alicyclic amines) is 1. The maximum atomic E-state index is 13.5. The van der Waals surface area contributed by atoms with Gasteiger partial charge in [0, 0.05) is 31.9 Å². The van der Waals surface area contributed by atoms with Gasteiger partial charge in [-0.3, -0.25) is 14.6 Å². The largest absolute Gasteiger partial charge is 0.457 e. The van der Waals surface area contributed by atoms with E-state index in [0.717, 1.165) is 37.2 Å². The van der Waals surface area contributed by atoms with E-state index < -0.39 is 0 Å². The fraction of sp³-hybridized carbons (Fsp3) is 0.156. The van der Waals surface area contributed by atoms with E-state index in [0.29, 0.717) is 32.5 Å². The molecule has 3 amide bonds. The van der Waals surface area contributed by atoms with Crippen LogP contribution in [-0.2, 0) is 6.54 Å². The molecule has 0 spiro atoms. The van der Waals surface area contributed by atoms with E-state index in [2.05, 4.69) is 32.7 Å². The Balaban J connectivity index is 0.00000316. The van der Waals surface area contributed by atoms with Gasteiger partial charge in [-0.1, -0.05) is 48.5 Å². The zero-order chi connectivity index (χ0) is 27.8. The Labute approximate surface area is 254 Å². The third kappa shape index (κ3) is 5.44. The van der Waals surface area contributed by atoms with Crippen molar-refractivity contribution in [1.29, 1.82) is 0 Å². The van der Waals surface area contributed by atoms with Crippen molar-refractivity contribution in [2.24, 2.45) is 0 Å². The third-order valence-electron chi connectivity index (χ3n) is 7.38. The summed E-state index contributed by atoms with van der Waals surface area (Å²) < 4.78 is 5.91. The number of carbonyl (C=O) groups excluding carboxylic acids is 2. The Morgan fingerprint density at radius 1 is 0.976 bits per heavy atom. The maximum Gasteiger partial charge on any atom is 0.331 e. The number of aromatic nitrogens is 1. The van der Waals surface area contributed by atoms with Crippen molar-refractivity contribution >= 4 is 64.0 Å². The Hall–Kier alpha value is -4.38. The van der Waals surface area contributed by atoms with Crippen LogP contribution in [0.15, 0.2) is 97.2 Å². The zero-order valence-corrected chi connectivity index (χ0v) is 24.4. The van der Waals surface area contributed by atoms with Crippen LogP contribution in [0.2, 0.25) is 0 Å². The van der Waals surface area contributed by atoms with Crippen molar-refractivity contribution in [3.63, 3.8) is 0 Å². The van der Waals surface area contributed by atoms with Gasteiger partial charge in [0.1, 0.15) is 21.2 Å². The van der Waals surface area contributed by atoms with Crippen LogP contribution in [0.3, 0.4) is 0 Å². The summed E-state index contributed by atoms with van der Waals surface area (Å²) in [5.41, 5.74) is 3.16. The lowest BCUT2D eigenvalue weighted by Gasteiger charge is -2.28. The number of thiophene rings is 1. The molecule has 8 nitrogen and oxygen atoms in total. The number of pyridine rings is 1. The van der Waals surface area contributed by atoms with Gasteiger partial charge in [0.25, 0.3) is 5.91 Å². The summed E-state index contributed by atoms with van der Waals surface area (Å²) in [6, 6.07) is 28.8. The van der Waals surface area contributed by atoms with Crippen LogP contribution in [0, 0.1) is 0 Å². The van der Waals surface area contributed by atoms with Crippen LogP contribution in [-0.4, -0.2) is 41.0 Å². The smallest absolute Gasteiger partial charge is 0.331 e. The third-order valence-corrected chi connectivity index (χ3v) is 8.48. The predicted octanol–water partition coefficient (Wildman–Crippen LogP) is 6.89. The number of urea groups is 1. The van der Waals surface area contributed by atoms with Crippen molar-refractivity contribution in [3.05, 3.63) is 108 Å². The average molecular weight is 596 g/mol. The summed E-state index contributed by atoms with van der Waals surface area (Å²) in [7, 11) is 0. The molecule has 0 radical (unpaired) electrons. The second-order valence-electron chi connectivity index (χ2n) is 10.2. The van der Waals surface area contributed by atoms with Crippen molar-refractivity contribution < 1.29 is 14.3 Å². The lowest BCUT2D eigenvalue weighted by atomic mass is 10.1. The second kappa shape index (κ2) is 11.8. The predicted molar refractivity (Wildman–Crippen MR) is 172 cm³/mol. The van der Waals surface area contributed by atoms with Gasteiger partial charge in [-0.25, -0.2) is 9.78 Å². The molecule has 212 valence electrons. The second-order valence-corrected chi connectivity index (χ2v) is 11.2. The fourth-order valence-corrected chi connectivity index (χ4v) is 6.50. The van der Waals surface area contributed by atoms with Gasteiger partial charge < -0.3 is 15.4 Å². The van der Waals surface area contributed by atoms with Crippen LogP contribution in [0.25, 0.3) is 10.2 Å². The molecule has 42 heavy (non-hydrogen) atoms. The molecule has 10 heteroatoms. The van der Waals surface area contributed by atoms with E-state index in [1.54, 1.807) is 11.1 Å². The Kier molecular flexibility index (Phi) is 7.84. The first-order valence-corrected chi connectivity index (χ1v) is 14.4. The number of benzene rings is 3. The highest BCUT2D eigenvalue weighted by Gasteiger charge is 2.34. The van der Waals surface area contributed by atoms with Gasteiger partial charge in [-0.2, -0.15) is 13.5 Å². The molecular formula is C32H29N5O3S2. The Bertz CT molecular complexity index is 1730. The fourth-order valence-electron chi connectivity index (χ4n) is 5.48. The highest BCUT2D eigenvalue weighted by atomic mass is 32.1. The number of carbonyl (C=O) groups is 2. The SMILES string of the molecule is O=C(N[C@H]1CCN(Cc2ccccc2)C1)c1sc2nccc3c2c1NC(=O)N3c1ccc(Oc2ccccc2)cc1.S. The highest BCUT2D eigenvalue weighted by molar-refractivity contribution is 7.59. The number of ether oxygens (including phenoxy) is 1. The lowest BCUT2D eigenvalue weighted by molar-refractivity contribution is 0.0942. The maximum absolute atomic E-state index is 13.5. The topological polar surface area (TPSA) is 86.8 Å². The molecule has 7 rings (SSSR count). The van der Waals surface area contributed by atoms with E-state index in [9.17, 15) is 9.59 Å². The minimum Gasteiger partial charge on any atom is -0.457 e. The summed E-state index contributed by atoms with van der Waals surface area (Å²) in [6.07, 6.45) is 2.56. The van der Waals surface area contributed by atoms with Crippen LogP contribution < -0.4 is 20.3 Å². The summed E-state index contributed by atoms with van der Waals surface area (Å²) in [4.78, 5) is 36.6. The number of nitrogens with one attached hydrogen (secondary N) is 2. The summed E-state index contributed by atoms with van der Waals surface area (Å²) >= 11 is 1.30. The van der Waals surface area contributed by atoms with Crippen LogP contribution >= 0.6 is 24.8 Å². The molecule has 1 saturated heterocycles. The molecular weight excluding hydrogens is 567 g/mol. The minimum atomic E-state index is -0.330. The molecule has 2 aromatic heterocycles. The molecule has 3 aromatic carbocycles. The molecule has 1 atom stereocenters. The first-order chi connectivity index (χ1) is 20.1. The number of nitrogens with zero attached hydrogens (tertiary/aromatic N) is 3. The molecule has 0 unspecified atom stereocenters. The summed E-state index contributed by atoms with van der Waals surface area (Å²) in [6.45, 7) is 2.57. The average Bonchev–Trinajstić information content (AvgIpc) is 3.59. The number of rotatable bonds is 7. The van der Waals surface area contributed by atoms with Gasteiger partial charge >= 0.3 is 6.03 Å². The number of anilines is 3. The molecule has 2 aliphatic heterocycles. The highest BCUT2D eigenvalue weighted by Crippen LogP contribution is 2.46. The van der Waals surface area contributed by atoms with Crippen molar-refractivity contribution in [2.75, 3.05) is 23.3 Å². The monoisotopic (exact) mass is 595 g/mol. The van der Waals surface area contributed by atoms with E-state index in [4.69, 9.17) is 4.74 Å². The van der Waals surface area contributed by atoms with Crippen LogP contribution in [0.5, 0.6) is 11.5 Å². The first-order valence-electron chi connectivity index (χ1n) is 13.5. The molecule has 4 heterocycles.